The molecule has 0 spiro atoms. The highest BCUT2D eigenvalue weighted by molar-refractivity contribution is 6.43. The molecule has 90 valence electrons. The van der Waals surface area contributed by atoms with Crippen molar-refractivity contribution >= 4 is 46.4 Å². The molecule has 6 nitrogen and oxygen atoms in total. The number of hydrogen-bond donors (Lipinski definition) is 2. The van der Waals surface area contributed by atoms with Gasteiger partial charge in [-0.1, -0.05) is 23.2 Å². The summed E-state index contributed by atoms with van der Waals surface area (Å²) in [4.78, 5) is 7.59. The average molecular weight is 295 g/mol. The van der Waals surface area contributed by atoms with Gasteiger partial charge in [0.05, 0.1) is 7.11 Å². The molecule has 2 aromatic rings. The Balaban J connectivity index is 2.29. The molecule has 0 amide bonds. The fourth-order valence-electron chi connectivity index (χ4n) is 1.07. The van der Waals surface area contributed by atoms with Gasteiger partial charge >= 0.3 is 0 Å². The van der Waals surface area contributed by atoms with Gasteiger partial charge in [-0.05, 0) is 11.6 Å². The number of ether oxygens (including phenoxy) is 1. The number of aromatic nitrogens is 4. The van der Waals surface area contributed by atoms with E-state index in [1.807, 2.05) is 0 Å². The van der Waals surface area contributed by atoms with Crippen LogP contribution in [0.15, 0.2) is 6.07 Å². The van der Waals surface area contributed by atoms with E-state index < -0.39 is 0 Å². The first-order valence-electron chi connectivity index (χ1n) is 4.35. The second kappa shape index (κ2) is 4.95. The number of anilines is 2. The van der Waals surface area contributed by atoms with Gasteiger partial charge in [0.15, 0.2) is 16.8 Å². The maximum Gasteiger partial charge on any atom is 0.225 e. The van der Waals surface area contributed by atoms with Crippen LogP contribution in [0.4, 0.5) is 11.6 Å². The van der Waals surface area contributed by atoms with Gasteiger partial charge in [-0.25, -0.2) is 10.1 Å². The Hall–Kier alpha value is -1.24. The fourth-order valence-corrected chi connectivity index (χ4v) is 1.58. The van der Waals surface area contributed by atoms with Gasteiger partial charge in [0.1, 0.15) is 5.02 Å². The number of halogens is 3. The zero-order valence-electron chi connectivity index (χ0n) is 8.46. The third-order valence-electron chi connectivity index (χ3n) is 1.80. The summed E-state index contributed by atoms with van der Waals surface area (Å²) in [7, 11) is 1.52. The molecule has 0 saturated carbocycles. The number of aromatic amines is 1. The molecule has 0 bridgehead atoms. The first-order valence-corrected chi connectivity index (χ1v) is 5.48. The topological polar surface area (TPSA) is 75.7 Å². The van der Waals surface area contributed by atoms with Gasteiger partial charge in [-0.2, -0.15) is 10.1 Å². The molecular formula is C8H6Cl3N5O. The van der Waals surface area contributed by atoms with Crippen LogP contribution >= 0.6 is 34.8 Å². The van der Waals surface area contributed by atoms with Gasteiger partial charge in [-0.15, -0.1) is 0 Å². The van der Waals surface area contributed by atoms with E-state index in [4.69, 9.17) is 39.5 Å². The van der Waals surface area contributed by atoms with Crippen molar-refractivity contribution in [3.8, 4) is 5.88 Å². The summed E-state index contributed by atoms with van der Waals surface area (Å²) < 4.78 is 4.93. The van der Waals surface area contributed by atoms with Crippen molar-refractivity contribution in [3.63, 3.8) is 0 Å². The molecule has 17 heavy (non-hydrogen) atoms. The molecule has 0 aliphatic carbocycles. The minimum atomic E-state index is -0.00981. The van der Waals surface area contributed by atoms with Crippen LogP contribution in [0.5, 0.6) is 5.88 Å². The Morgan fingerprint density at radius 2 is 2.06 bits per heavy atom. The van der Waals surface area contributed by atoms with Crippen LogP contribution in [-0.2, 0) is 0 Å². The van der Waals surface area contributed by atoms with E-state index in [9.17, 15) is 0 Å². The lowest BCUT2D eigenvalue weighted by molar-refractivity contribution is 0.397. The largest absolute Gasteiger partial charge is 0.481 e. The fraction of sp³-hybridized carbons (Fsp3) is 0.125. The first-order chi connectivity index (χ1) is 8.10. The number of rotatable bonds is 3. The zero-order valence-corrected chi connectivity index (χ0v) is 10.7. The summed E-state index contributed by atoms with van der Waals surface area (Å²) in [5, 5.41) is 9.61. The molecule has 0 atom stereocenters. The molecule has 2 rings (SSSR count). The standard InChI is InChI=1S/C8H6Cl3N5O/c1-17-4-2-3(15-16-4)12-7-5(9)6(10)13-8(11)14-7/h2H,1H3,(H2,12,13,14,15,16). The van der Waals surface area contributed by atoms with E-state index in [1.54, 1.807) is 6.07 Å². The molecule has 2 heterocycles. The molecule has 0 radical (unpaired) electrons. The maximum absolute atomic E-state index is 5.91. The molecule has 2 aromatic heterocycles. The number of H-pyrrole nitrogens is 1. The van der Waals surface area contributed by atoms with Gasteiger partial charge in [-0.3, -0.25) is 0 Å². The number of hydrogen-bond acceptors (Lipinski definition) is 5. The minimum Gasteiger partial charge on any atom is -0.481 e. The van der Waals surface area contributed by atoms with Gasteiger partial charge in [0, 0.05) is 6.07 Å². The lowest BCUT2D eigenvalue weighted by atomic mass is 10.5. The lowest BCUT2D eigenvalue weighted by Gasteiger charge is -2.05. The summed E-state index contributed by atoms with van der Waals surface area (Å²) in [5.41, 5.74) is 0. The molecule has 9 heteroatoms. The third kappa shape index (κ3) is 2.71. The average Bonchev–Trinajstić information content (AvgIpc) is 2.73. The zero-order chi connectivity index (χ0) is 12.4. The van der Waals surface area contributed by atoms with Crippen molar-refractivity contribution in [2.75, 3.05) is 12.4 Å². The van der Waals surface area contributed by atoms with Crippen molar-refractivity contribution in [1.82, 2.24) is 20.2 Å². The summed E-state index contributed by atoms with van der Waals surface area (Å²) in [6.07, 6.45) is 0. The van der Waals surface area contributed by atoms with E-state index in [1.165, 1.54) is 7.11 Å². The van der Waals surface area contributed by atoms with Crippen molar-refractivity contribution in [2.24, 2.45) is 0 Å². The Morgan fingerprint density at radius 3 is 2.71 bits per heavy atom. The van der Waals surface area contributed by atoms with Crippen molar-refractivity contribution in [3.05, 3.63) is 21.5 Å². The monoisotopic (exact) mass is 293 g/mol. The van der Waals surface area contributed by atoms with Crippen LogP contribution in [0.2, 0.25) is 15.5 Å². The minimum absolute atomic E-state index is 0.00981. The lowest BCUT2D eigenvalue weighted by Crippen LogP contribution is -1.97. The Bertz CT molecular complexity index is 544. The van der Waals surface area contributed by atoms with Gasteiger partial charge in [0.25, 0.3) is 0 Å². The van der Waals surface area contributed by atoms with Crippen LogP contribution in [0.25, 0.3) is 0 Å². The van der Waals surface area contributed by atoms with Crippen LogP contribution in [-0.4, -0.2) is 27.3 Å². The van der Waals surface area contributed by atoms with Crippen LogP contribution in [0.3, 0.4) is 0 Å². The summed E-state index contributed by atoms with van der Waals surface area (Å²) in [6.45, 7) is 0. The van der Waals surface area contributed by atoms with E-state index >= 15 is 0 Å². The second-order valence-electron chi connectivity index (χ2n) is 2.89. The predicted octanol–water partition coefficient (Wildman–Crippen LogP) is 2.91. The maximum atomic E-state index is 5.91. The summed E-state index contributed by atoms with van der Waals surface area (Å²) in [6, 6.07) is 1.63. The van der Waals surface area contributed by atoms with E-state index in [2.05, 4.69) is 25.5 Å². The van der Waals surface area contributed by atoms with Crippen LogP contribution < -0.4 is 10.1 Å². The molecule has 0 aromatic carbocycles. The molecular weight excluding hydrogens is 288 g/mol. The molecule has 0 aliphatic heterocycles. The van der Waals surface area contributed by atoms with E-state index in [0.29, 0.717) is 11.7 Å². The highest BCUT2D eigenvalue weighted by atomic mass is 35.5. The predicted molar refractivity (Wildman–Crippen MR) is 65.5 cm³/mol. The van der Waals surface area contributed by atoms with Crippen molar-refractivity contribution in [1.29, 1.82) is 0 Å². The number of nitrogens with zero attached hydrogens (tertiary/aromatic N) is 3. The molecule has 0 aliphatic rings. The normalized spacial score (nSPS) is 10.4. The molecule has 0 saturated heterocycles. The molecule has 2 N–H and O–H groups in total. The van der Waals surface area contributed by atoms with Crippen molar-refractivity contribution < 1.29 is 4.74 Å². The highest BCUT2D eigenvalue weighted by Crippen LogP contribution is 2.30. The Labute approximate surface area is 111 Å². The molecule has 0 unspecified atom stereocenters. The Morgan fingerprint density at radius 1 is 1.29 bits per heavy atom. The number of nitrogens with one attached hydrogen (secondary N) is 2. The van der Waals surface area contributed by atoms with Gasteiger partial charge < -0.3 is 10.1 Å². The Kier molecular flexibility index (Phi) is 3.56. The van der Waals surface area contributed by atoms with Crippen LogP contribution in [0.1, 0.15) is 0 Å². The highest BCUT2D eigenvalue weighted by Gasteiger charge is 2.11. The summed E-state index contributed by atoms with van der Waals surface area (Å²) in [5.74, 6) is 1.23. The SMILES string of the molecule is COc1cc(Nc2nc(Cl)nc(Cl)c2Cl)n[nH]1. The van der Waals surface area contributed by atoms with Gasteiger partial charge in [0.2, 0.25) is 11.2 Å². The molecule has 0 fully saturated rings. The van der Waals surface area contributed by atoms with Crippen LogP contribution in [0, 0.1) is 0 Å². The third-order valence-corrected chi connectivity index (χ3v) is 2.70. The second-order valence-corrected chi connectivity index (χ2v) is 3.97. The first kappa shape index (κ1) is 12.2. The smallest absolute Gasteiger partial charge is 0.225 e. The quantitative estimate of drug-likeness (QED) is 0.672. The van der Waals surface area contributed by atoms with E-state index in [-0.39, 0.29) is 21.3 Å². The van der Waals surface area contributed by atoms with E-state index in [0.717, 1.165) is 0 Å². The number of methoxy groups -OCH3 is 1. The summed E-state index contributed by atoms with van der Waals surface area (Å²) >= 11 is 17.3. The van der Waals surface area contributed by atoms with Crippen molar-refractivity contribution in [2.45, 2.75) is 0 Å².